The Hall–Kier alpha value is -3.06. The zero-order chi connectivity index (χ0) is 28.6. The molecule has 0 amide bonds. The van der Waals surface area contributed by atoms with Crippen molar-refractivity contribution in [2.24, 2.45) is 0 Å². The Kier molecular flexibility index (Phi) is 10.5. The minimum atomic E-state index is 0.210. The van der Waals surface area contributed by atoms with Crippen molar-refractivity contribution in [3.05, 3.63) is 144 Å². The zero-order valence-corrected chi connectivity index (χ0v) is 28.0. The number of aryl methyl sites for hydroxylation is 2. The second kappa shape index (κ2) is 14.0. The van der Waals surface area contributed by atoms with Gasteiger partial charge in [0.2, 0.25) is 0 Å². The summed E-state index contributed by atoms with van der Waals surface area (Å²) in [7, 11) is 0. The average Bonchev–Trinajstić information content (AvgIpc) is 3.50. The normalized spacial score (nSPS) is 10.4. The molecule has 0 fully saturated rings. The van der Waals surface area contributed by atoms with Crippen LogP contribution in [0, 0.1) is 27.7 Å². The molecule has 0 nitrogen and oxygen atoms in total. The van der Waals surface area contributed by atoms with E-state index in [2.05, 4.69) is 162 Å². The first-order valence-corrected chi connectivity index (χ1v) is 20.1. The Morgan fingerprint density at radius 3 is 1.43 bits per heavy atom. The van der Waals surface area contributed by atoms with Crippen LogP contribution in [0.25, 0.3) is 44.2 Å². The molecule has 0 radical (unpaired) electrons. The summed E-state index contributed by atoms with van der Waals surface area (Å²) in [5, 5.41) is 2.60. The molecule has 0 saturated carbocycles. The van der Waals surface area contributed by atoms with Gasteiger partial charge in [-0.25, -0.2) is 0 Å². The third-order valence-corrected chi connectivity index (χ3v) is 7.32. The molecular formula is C38H38SiZr. The third kappa shape index (κ3) is 7.57. The third-order valence-electron chi connectivity index (χ3n) is 7.32. The predicted octanol–water partition coefficient (Wildman–Crippen LogP) is 11.0. The summed E-state index contributed by atoms with van der Waals surface area (Å²) >= 11 is 1.74. The molecule has 6 aromatic carbocycles. The Labute approximate surface area is 255 Å². The molecule has 2 heteroatoms. The van der Waals surface area contributed by atoms with Gasteiger partial charge in [0.25, 0.3) is 0 Å². The van der Waals surface area contributed by atoms with E-state index in [1.807, 2.05) is 0 Å². The van der Waals surface area contributed by atoms with Crippen molar-refractivity contribution >= 4 is 16.2 Å². The first-order chi connectivity index (χ1) is 19.2. The molecule has 198 valence electrons. The summed E-state index contributed by atoms with van der Waals surface area (Å²) in [5.41, 5.74) is 13.5. The fraction of sp³-hybridized carbons (Fsp3) is 0.158. The van der Waals surface area contributed by atoms with Gasteiger partial charge >= 0.3 is 41.9 Å². The van der Waals surface area contributed by atoms with Crippen LogP contribution in [0.15, 0.2) is 121 Å². The largest absolute Gasteiger partial charge is 0.196 e. The van der Waals surface area contributed by atoms with Gasteiger partial charge in [0.05, 0.1) is 0 Å². The van der Waals surface area contributed by atoms with E-state index >= 15 is 0 Å². The molecule has 0 spiro atoms. The molecule has 0 aliphatic rings. The first-order valence-electron chi connectivity index (χ1n) is 13.9. The van der Waals surface area contributed by atoms with Gasteiger partial charge in [-0.05, 0) is 28.3 Å². The summed E-state index contributed by atoms with van der Waals surface area (Å²) in [5.74, 6) is 0. The van der Waals surface area contributed by atoms with Crippen molar-refractivity contribution in [1.82, 2.24) is 0 Å². The SMILES string of the molecule is C[Si](C)=[Zr+2].Cc1[cH-]c(C)c(C)c1C.c1ccc(-c2cc(-c3ccccc3)cc(-c3c[cH-]c4ccccc34)c2)cc1. The Bertz CT molecular complexity index is 1620. The van der Waals surface area contributed by atoms with E-state index in [1.165, 1.54) is 66.4 Å². The van der Waals surface area contributed by atoms with Crippen molar-refractivity contribution in [2.75, 3.05) is 0 Å². The van der Waals surface area contributed by atoms with Gasteiger partial charge in [-0.2, -0.15) is 28.3 Å². The molecule has 0 aliphatic carbocycles. The van der Waals surface area contributed by atoms with Gasteiger partial charge in [0.15, 0.2) is 0 Å². The molecule has 0 aromatic heterocycles. The molecule has 6 rings (SSSR count). The summed E-state index contributed by atoms with van der Waals surface area (Å²) < 4.78 is 0. The van der Waals surface area contributed by atoms with Gasteiger partial charge in [0.1, 0.15) is 0 Å². The van der Waals surface area contributed by atoms with E-state index in [-0.39, 0.29) is 5.43 Å². The minimum absolute atomic E-state index is 0.210. The van der Waals surface area contributed by atoms with Crippen LogP contribution in [0.1, 0.15) is 22.3 Å². The summed E-state index contributed by atoms with van der Waals surface area (Å²) in [6, 6.07) is 43.4. The van der Waals surface area contributed by atoms with Gasteiger partial charge in [-0.3, -0.25) is 0 Å². The summed E-state index contributed by atoms with van der Waals surface area (Å²) in [6.45, 7) is 13.3. The van der Waals surface area contributed by atoms with Crippen molar-refractivity contribution in [3.63, 3.8) is 0 Å². The van der Waals surface area contributed by atoms with Crippen LogP contribution >= 0.6 is 0 Å². The average molecular weight is 614 g/mol. The van der Waals surface area contributed by atoms with Crippen LogP contribution in [0.3, 0.4) is 0 Å². The van der Waals surface area contributed by atoms with E-state index in [1.54, 1.807) is 23.3 Å². The van der Waals surface area contributed by atoms with Gasteiger partial charge < -0.3 is 0 Å². The number of rotatable bonds is 3. The van der Waals surface area contributed by atoms with Gasteiger partial charge in [-0.15, -0.1) is 46.7 Å². The van der Waals surface area contributed by atoms with Crippen LogP contribution in [0.4, 0.5) is 0 Å². The molecule has 0 N–H and O–H groups in total. The number of hydrogen-bond acceptors (Lipinski definition) is 0. The summed E-state index contributed by atoms with van der Waals surface area (Å²) in [4.78, 5) is 0. The van der Waals surface area contributed by atoms with Crippen LogP contribution in [-0.4, -0.2) is 5.43 Å². The minimum Gasteiger partial charge on any atom is -0.196 e. The standard InChI is InChI=1S/C27H19.C9H13.C2H6Si.Zr/c1-3-9-20(10-4-1)23-17-24(21-11-5-2-6-12-21)19-25(18-23)27-16-15-22-13-7-8-14-26(22)27;1-6-5-7(2)9(4)8(6)3;1-3-2;/h1-19H;5H,1-4H3;1-2H3;/q2*-1;;+2. The smallest absolute Gasteiger partial charge is 0.0180 e. The number of fused-ring (bicyclic) bond motifs is 1. The molecule has 0 saturated heterocycles. The van der Waals surface area contributed by atoms with Crippen LogP contribution in [-0.2, 0) is 23.3 Å². The molecule has 0 heterocycles. The molecule has 40 heavy (non-hydrogen) atoms. The fourth-order valence-electron chi connectivity index (χ4n) is 4.91. The molecule has 0 unspecified atom stereocenters. The fourth-order valence-corrected chi connectivity index (χ4v) is 4.91. The molecular weight excluding hydrogens is 576 g/mol. The van der Waals surface area contributed by atoms with Crippen LogP contribution < -0.4 is 0 Å². The van der Waals surface area contributed by atoms with E-state index < -0.39 is 0 Å². The second-order valence-electron chi connectivity index (χ2n) is 10.6. The van der Waals surface area contributed by atoms with E-state index in [0.29, 0.717) is 0 Å². The first kappa shape index (κ1) is 29.9. The van der Waals surface area contributed by atoms with Crippen molar-refractivity contribution in [1.29, 1.82) is 0 Å². The monoisotopic (exact) mass is 612 g/mol. The molecule has 0 atom stereocenters. The number of hydrogen-bond donors (Lipinski definition) is 0. The maximum atomic E-state index is 2.31. The molecule has 6 aromatic rings. The predicted molar refractivity (Wildman–Crippen MR) is 174 cm³/mol. The van der Waals surface area contributed by atoms with E-state index in [9.17, 15) is 0 Å². The van der Waals surface area contributed by atoms with E-state index in [4.69, 9.17) is 0 Å². The van der Waals surface area contributed by atoms with Crippen molar-refractivity contribution in [2.45, 2.75) is 40.8 Å². The zero-order valence-electron chi connectivity index (χ0n) is 24.5. The van der Waals surface area contributed by atoms with Gasteiger partial charge in [0, 0.05) is 0 Å². The molecule has 0 aliphatic heterocycles. The Morgan fingerprint density at radius 1 is 0.550 bits per heavy atom. The maximum absolute atomic E-state index is 2.31. The Morgan fingerprint density at radius 2 is 0.975 bits per heavy atom. The topological polar surface area (TPSA) is 0 Å². The maximum Gasteiger partial charge on any atom is -0.0180 e. The van der Waals surface area contributed by atoms with Crippen molar-refractivity contribution in [3.8, 4) is 33.4 Å². The quantitative estimate of drug-likeness (QED) is 0.138. The van der Waals surface area contributed by atoms with E-state index in [0.717, 1.165) is 0 Å². The number of benzene rings is 4. The second-order valence-corrected chi connectivity index (χ2v) is 20.0. The van der Waals surface area contributed by atoms with Crippen LogP contribution in [0.5, 0.6) is 0 Å². The molecule has 0 bridgehead atoms. The van der Waals surface area contributed by atoms with Gasteiger partial charge in [-0.1, -0.05) is 112 Å². The summed E-state index contributed by atoms with van der Waals surface area (Å²) in [6.07, 6.45) is 0. The van der Waals surface area contributed by atoms with Crippen molar-refractivity contribution < 1.29 is 23.3 Å². The Balaban J connectivity index is 0.000000237. The van der Waals surface area contributed by atoms with Crippen LogP contribution in [0.2, 0.25) is 13.1 Å².